The summed E-state index contributed by atoms with van der Waals surface area (Å²) >= 11 is 0. The first-order valence-corrected chi connectivity index (χ1v) is 7.96. The van der Waals surface area contributed by atoms with Gasteiger partial charge in [-0.25, -0.2) is 4.98 Å². The molecule has 0 aliphatic carbocycles. The smallest absolute Gasteiger partial charge is 0.279 e. The number of aromatic nitrogens is 2. The maximum atomic E-state index is 12.2. The lowest BCUT2D eigenvalue weighted by molar-refractivity contribution is 0.101. The van der Waals surface area contributed by atoms with Crippen LogP contribution in [0, 0.1) is 6.92 Å². The number of carbonyl (C=O) groups is 1. The van der Waals surface area contributed by atoms with Crippen molar-refractivity contribution < 1.29 is 9.32 Å². The molecule has 1 amide bonds. The van der Waals surface area contributed by atoms with Gasteiger partial charge in [0.2, 0.25) is 0 Å². The van der Waals surface area contributed by atoms with Crippen LogP contribution in [-0.2, 0) is 6.54 Å². The summed E-state index contributed by atoms with van der Waals surface area (Å²) in [5, 5.41) is 6.53. The summed E-state index contributed by atoms with van der Waals surface area (Å²) in [7, 11) is 3.84. The molecule has 3 aromatic rings. The van der Waals surface area contributed by atoms with Gasteiger partial charge < -0.3 is 14.7 Å². The minimum atomic E-state index is -0.343. The van der Waals surface area contributed by atoms with Gasteiger partial charge >= 0.3 is 0 Å². The number of hydrogen-bond donors (Lipinski definition) is 1. The fourth-order valence-corrected chi connectivity index (χ4v) is 2.45. The molecular weight excluding hydrogens is 316 g/mol. The summed E-state index contributed by atoms with van der Waals surface area (Å²) in [4.78, 5) is 18.5. The Morgan fingerprint density at radius 2 is 2.00 bits per heavy atom. The highest BCUT2D eigenvalue weighted by Gasteiger charge is 2.13. The van der Waals surface area contributed by atoms with E-state index in [4.69, 9.17) is 4.52 Å². The summed E-state index contributed by atoms with van der Waals surface area (Å²) in [6.07, 6.45) is 1.74. The largest absolute Gasteiger partial charge is 0.359 e. The molecule has 0 saturated heterocycles. The number of carbonyl (C=O) groups excluding carboxylic acids is 1. The molecule has 2 aromatic heterocycles. The highest BCUT2D eigenvalue weighted by atomic mass is 16.5. The van der Waals surface area contributed by atoms with Crippen LogP contribution in [0.2, 0.25) is 0 Å². The second kappa shape index (κ2) is 7.27. The zero-order valence-electron chi connectivity index (χ0n) is 14.5. The van der Waals surface area contributed by atoms with E-state index in [1.165, 1.54) is 5.56 Å². The number of hydrogen-bond acceptors (Lipinski definition) is 5. The van der Waals surface area contributed by atoms with Crippen LogP contribution < -0.4 is 5.32 Å². The van der Waals surface area contributed by atoms with Gasteiger partial charge in [-0.1, -0.05) is 35.0 Å². The average Bonchev–Trinajstić information content (AvgIpc) is 3.03. The minimum absolute atomic E-state index is 0.237. The lowest BCUT2D eigenvalue weighted by Crippen LogP contribution is -2.13. The molecule has 6 nitrogen and oxygen atoms in total. The predicted octanol–water partition coefficient (Wildman–Crippen LogP) is 3.36. The number of aryl methyl sites for hydroxylation is 1. The molecule has 0 fully saturated rings. The Hall–Kier alpha value is -2.99. The van der Waals surface area contributed by atoms with E-state index in [1.54, 1.807) is 18.3 Å². The fourth-order valence-electron chi connectivity index (χ4n) is 2.45. The second-order valence-corrected chi connectivity index (χ2v) is 6.17. The van der Waals surface area contributed by atoms with Gasteiger partial charge in [-0.15, -0.1) is 0 Å². The normalized spacial score (nSPS) is 10.9. The number of anilines is 1. The molecule has 0 spiro atoms. The number of pyridine rings is 1. The van der Waals surface area contributed by atoms with Crippen LogP contribution in [0.4, 0.5) is 5.82 Å². The van der Waals surface area contributed by atoms with E-state index in [-0.39, 0.29) is 11.6 Å². The van der Waals surface area contributed by atoms with Crippen molar-refractivity contribution in [3.8, 4) is 11.1 Å². The van der Waals surface area contributed by atoms with Crippen LogP contribution in [0.5, 0.6) is 0 Å². The van der Waals surface area contributed by atoms with Gasteiger partial charge in [-0.3, -0.25) is 4.79 Å². The van der Waals surface area contributed by atoms with Gasteiger partial charge in [-0.05, 0) is 38.7 Å². The van der Waals surface area contributed by atoms with Gasteiger partial charge in [0.25, 0.3) is 5.91 Å². The predicted molar refractivity (Wildman–Crippen MR) is 96.3 cm³/mol. The zero-order chi connectivity index (χ0) is 17.8. The van der Waals surface area contributed by atoms with Crippen molar-refractivity contribution in [2.75, 3.05) is 19.4 Å². The first kappa shape index (κ1) is 16.9. The molecule has 25 heavy (non-hydrogen) atoms. The van der Waals surface area contributed by atoms with Crippen molar-refractivity contribution in [1.82, 2.24) is 15.0 Å². The van der Waals surface area contributed by atoms with E-state index >= 15 is 0 Å². The standard InChI is InChI=1S/C19H20N4O2/c1-13-5-4-6-14(9-13)15-7-8-18(20-11-15)21-19(24)17-10-16(25-22-17)12-23(2)3/h4-11H,12H2,1-3H3,(H,20,21,24). The monoisotopic (exact) mass is 336 g/mol. The van der Waals surface area contributed by atoms with Crippen molar-refractivity contribution in [2.45, 2.75) is 13.5 Å². The van der Waals surface area contributed by atoms with Gasteiger partial charge in [0.15, 0.2) is 11.5 Å². The highest BCUT2D eigenvalue weighted by Crippen LogP contribution is 2.20. The van der Waals surface area contributed by atoms with Gasteiger partial charge in [-0.2, -0.15) is 0 Å². The van der Waals surface area contributed by atoms with E-state index in [0.717, 1.165) is 11.1 Å². The number of nitrogens with zero attached hydrogens (tertiary/aromatic N) is 3. The van der Waals surface area contributed by atoms with E-state index in [2.05, 4.69) is 21.5 Å². The van der Waals surface area contributed by atoms with E-state index < -0.39 is 0 Å². The molecule has 0 saturated carbocycles. The van der Waals surface area contributed by atoms with E-state index in [0.29, 0.717) is 18.1 Å². The summed E-state index contributed by atoms with van der Waals surface area (Å²) in [5.41, 5.74) is 3.52. The lowest BCUT2D eigenvalue weighted by Gasteiger charge is -2.05. The molecule has 0 bridgehead atoms. The fraction of sp³-hybridized carbons (Fsp3) is 0.211. The average molecular weight is 336 g/mol. The van der Waals surface area contributed by atoms with Gasteiger partial charge in [0.1, 0.15) is 5.82 Å². The van der Waals surface area contributed by atoms with Crippen LogP contribution in [0.15, 0.2) is 53.2 Å². The molecule has 0 aliphatic rings. The summed E-state index contributed by atoms with van der Waals surface area (Å²) in [6, 6.07) is 13.5. The molecule has 2 heterocycles. The van der Waals surface area contributed by atoms with Crippen molar-refractivity contribution >= 4 is 11.7 Å². The highest BCUT2D eigenvalue weighted by molar-refractivity contribution is 6.02. The topological polar surface area (TPSA) is 71.3 Å². The SMILES string of the molecule is Cc1cccc(-c2ccc(NC(=O)c3cc(CN(C)C)on3)nc2)c1. The molecule has 0 aliphatic heterocycles. The quantitative estimate of drug-likeness (QED) is 0.773. The molecule has 3 rings (SSSR count). The Bertz CT molecular complexity index is 869. The Kier molecular flexibility index (Phi) is 4.90. The lowest BCUT2D eigenvalue weighted by atomic mass is 10.1. The summed E-state index contributed by atoms with van der Waals surface area (Å²) in [6.45, 7) is 2.64. The number of amides is 1. The number of rotatable bonds is 5. The van der Waals surface area contributed by atoms with Crippen LogP contribution in [0.25, 0.3) is 11.1 Å². The van der Waals surface area contributed by atoms with Crippen molar-refractivity contribution in [3.05, 3.63) is 65.7 Å². The number of benzene rings is 1. The Morgan fingerprint density at radius 3 is 2.68 bits per heavy atom. The molecule has 0 radical (unpaired) electrons. The first-order chi connectivity index (χ1) is 12.0. The van der Waals surface area contributed by atoms with E-state index in [1.807, 2.05) is 50.2 Å². The van der Waals surface area contributed by atoms with E-state index in [9.17, 15) is 4.79 Å². The van der Waals surface area contributed by atoms with Gasteiger partial charge in [0.05, 0.1) is 6.54 Å². The van der Waals surface area contributed by atoms with Crippen molar-refractivity contribution in [2.24, 2.45) is 0 Å². The third-order valence-electron chi connectivity index (χ3n) is 3.62. The number of nitrogens with one attached hydrogen (secondary N) is 1. The summed E-state index contributed by atoms with van der Waals surface area (Å²) in [5.74, 6) is 0.765. The van der Waals surface area contributed by atoms with Crippen LogP contribution >= 0.6 is 0 Å². The molecule has 1 N–H and O–H groups in total. The maximum absolute atomic E-state index is 12.2. The van der Waals surface area contributed by atoms with Gasteiger partial charge in [0, 0.05) is 17.8 Å². The maximum Gasteiger partial charge on any atom is 0.279 e. The first-order valence-electron chi connectivity index (χ1n) is 7.96. The Labute approximate surface area is 146 Å². The molecule has 1 aromatic carbocycles. The molecule has 0 atom stereocenters. The molecule has 6 heteroatoms. The third kappa shape index (κ3) is 4.30. The molecular formula is C19H20N4O2. The Balaban J connectivity index is 1.68. The Morgan fingerprint density at radius 1 is 1.16 bits per heavy atom. The van der Waals surface area contributed by atoms with Crippen molar-refractivity contribution in [3.63, 3.8) is 0 Å². The third-order valence-corrected chi connectivity index (χ3v) is 3.62. The van der Waals surface area contributed by atoms with Crippen molar-refractivity contribution in [1.29, 1.82) is 0 Å². The van der Waals surface area contributed by atoms with Crippen LogP contribution in [0.1, 0.15) is 21.8 Å². The van der Waals surface area contributed by atoms with Crippen LogP contribution in [-0.4, -0.2) is 35.0 Å². The van der Waals surface area contributed by atoms with Crippen LogP contribution in [0.3, 0.4) is 0 Å². The second-order valence-electron chi connectivity index (χ2n) is 6.17. The summed E-state index contributed by atoms with van der Waals surface area (Å²) < 4.78 is 5.15. The molecule has 0 unspecified atom stereocenters. The zero-order valence-corrected chi connectivity index (χ0v) is 14.5. The molecule has 128 valence electrons. The minimum Gasteiger partial charge on any atom is -0.359 e.